The van der Waals surface area contributed by atoms with E-state index in [9.17, 15) is 5.11 Å². The Balaban J connectivity index is 2.95. The highest BCUT2D eigenvalue weighted by Gasteiger charge is 2.10. The molecule has 1 aromatic carbocycles. The van der Waals surface area contributed by atoms with Crippen molar-refractivity contribution in [2.45, 2.75) is 13.8 Å². The summed E-state index contributed by atoms with van der Waals surface area (Å²) >= 11 is 0. The number of hydrogen-bond acceptors (Lipinski definition) is 2. The van der Waals surface area contributed by atoms with Crippen molar-refractivity contribution in [1.29, 1.82) is 0 Å². The summed E-state index contributed by atoms with van der Waals surface area (Å²) in [5.41, 5.74) is 0. The van der Waals surface area contributed by atoms with E-state index in [-0.39, 0.29) is 5.75 Å². The van der Waals surface area contributed by atoms with E-state index in [4.69, 9.17) is 9.47 Å². The Bertz CT molecular complexity index is 271. The van der Waals surface area contributed by atoms with Crippen LogP contribution in [0.15, 0.2) is 18.2 Å². The van der Waals surface area contributed by atoms with Crippen molar-refractivity contribution < 1.29 is 14.6 Å². The maximum Gasteiger partial charge on any atom is 0.224 e. The SMILES string of the molecule is CCOc1cccc([O])c1OCC. The minimum absolute atomic E-state index is 0.132. The zero-order valence-corrected chi connectivity index (χ0v) is 7.87. The molecule has 0 saturated carbocycles. The van der Waals surface area contributed by atoms with Gasteiger partial charge >= 0.3 is 0 Å². The average Bonchev–Trinajstić information content (AvgIpc) is 2.11. The van der Waals surface area contributed by atoms with E-state index in [2.05, 4.69) is 0 Å². The zero-order chi connectivity index (χ0) is 9.68. The van der Waals surface area contributed by atoms with Crippen LogP contribution in [0.1, 0.15) is 13.8 Å². The highest BCUT2D eigenvalue weighted by Crippen LogP contribution is 2.36. The number of ether oxygens (including phenoxy) is 2. The quantitative estimate of drug-likeness (QED) is 0.716. The van der Waals surface area contributed by atoms with Gasteiger partial charge in [-0.2, -0.15) is 0 Å². The van der Waals surface area contributed by atoms with Crippen LogP contribution in [0.4, 0.5) is 0 Å². The molecule has 0 aliphatic rings. The lowest BCUT2D eigenvalue weighted by Gasteiger charge is -2.09. The molecule has 0 amide bonds. The molecule has 13 heavy (non-hydrogen) atoms. The van der Waals surface area contributed by atoms with Gasteiger partial charge in [0.05, 0.1) is 13.2 Å². The Morgan fingerprint density at radius 2 is 1.85 bits per heavy atom. The monoisotopic (exact) mass is 181 g/mol. The highest BCUT2D eigenvalue weighted by molar-refractivity contribution is 5.50. The van der Waals surface area contributed by atoms with Crippen molar-refractivity contribution >= 4 is 0 Å². The molecule has 0 unspecified atom stereocenters. The zero-order valence-electron chi connectivity index (χ0n) is 7.87. The minimum atomic E-state index is -0.132. The van der Waals surface area contributed by atoms with Crippen LogP contribution in [-0.4, -0.2) is 13.2 Å². The van der Waals surface area contributed by atoms with E-state index in [1.165, 1.54) is 6.07 Å². The van der Waals surface area contributed by atoms with Gasteiger partial charge < -0.3 is 9.47 Å². The maximum absolute atomic E-state index is 11.3. The van der Waals surface area contributed by atoms with Gasteiger partial charge in [-0.1, -0.05) is 6.07 Å². The first kappa shape index (κ1) is 9.71. The summed E-state index contributed by atoms with van der Waals surface area (Å²) in [4.78, 5) is 0. The van der Waals surface area contributed by atoms with Crippen molar-refractivity contribution in [2.75, 3.05) is 13.2 Å². The summed E-state index contributed by atoms with van der Waals surface area (Å²) in [7, 11) is 0. The molecule has 0 N–H and O–H groups in total. The number of benzene rings is 1. The van der Waals surface area contributed by atoms with Gasteiger partial charge in [-0.15, -0.1) is 0 Å². The van der Waals surface area contributed by atoms with Crippen LogP contribution in [0.5, 0.6) is 17.2 Å². The molecular formula is C10H13O3. The fourth-order valence-electron chi connectivity index (χ4n) is 1.05. The fourth-order valence-corrected chi connectivity index (χ4v) is 1.05. The lowest BCUT2D eigenvalue weighted by Crippen LogP contribution is -1.97. The second-order valence-corrected chi connectivity index (χ2v) is 2.45. The van der Waals surface area contributed by atoms with Crippen LogP contribution < -0.4 is 9.47 Å². The summed E-state index contributed by atoms with van der Waals surface area (Å²) in [6, 6.07) is 4.86. The van der Waals surface area contributed by atoms with Crippen LogP contribution in [0.3, 0.4) is 0 Å². The second-order valence-electron chi connectivity index (χ2n) is 2.45. The van der Waals surface area contributed by atoms with E-state index in [0.29, 0.717) is 24.7 Å². The molecule has 1 radical (unpaired) electrons. The van der Waals surface area contributed by atoms with Gasteiger partial charge in [0.2, 0.25) is 11.5 Å². The van der Waals surface area contributed by atoms with Crippen LogP contribution in [0.25, 0.3) is 0 Å². The summed E-state index contributed by atoms with van der Waals surface area (Å²) in [6.07, 6.45) is 0. The predicted octanol–water partition coefficient (Wildman–Crippen LogP) is 2.63. The molecule has 0 aliphatic heterocycles. The first-order valence-electron chi connectivity index (χ1n) is 4.35. The van der Waals surface area contributed by atoms with Crippen molar-refractivity contribution in [2.24, 2.45) is 0 Å². The molecular weight excluding hydrogens is 168 g/mol. The van der Waals surface area contributed by atoms with E-state index >= 15 is 0 Å². The third-order valence-electron chi connectivity index (χ3n) is 1.53. The van der Waals surface area contributed by atoms with Crippen LogP contribution in [0.2, 0.25) is 0 Å². The van der Waals surface area contributed by atoms with Gasteiger partial charge in [0.25, 0.3) is 0 Å². The normalized spacial score (nSPS) is 9.69. The number of hydrogen-bond donors (Lipinski definition) is 0. The predicted molar refractivity (Wildman–Crippen MR) is 48.9 cm³/mol. The molecule has 0 spiro atoms. The van der Waals surface area contributed by atoms with Gasteiger partial charge in [0.15, 0.2) is 5.75 Å². The molecule has 3 heteroatoms. The third-order valence-corrected chi connectivity index (χ3v) is 1.53. The Morgan fingerprint density at radius 1 is 1.15 bits per heavy atom. The smallest absolute Gasteiger partial charge is 0.224 e. The molecule has 0 bridgehead atoms. The van der Waals surface area contributed by atoms with Gasteiger partial charge in [-0.25, -0.2) is 0 Å². The summed E-state index contributed by atoms with van der Waals surface area (Å²) in [5, 5.41) is 11.3. The Kier molecular flexibility index (Phi) is 3.43. The minimum Gasteiger partial charge on any atom is -0.490 e. The first-order chi connectivity index (χ1) is 6.29. The Morgan fingerprint density at radius 3 is 2.46 bits per heavy atom. The second kappa shape index (κ2) is 4.60. The lowest BCUT2D eigenvalue weighted by atomic mass is 10.3. The molecule has 1 rings (SSSR count). The standard InChI is InChI=1S/C10H13O3/c1-3-12-9-7-5-6-8(11)10(9)13-4-2/h5-7H,3-4H2,1-2H3. The molecule has 0 saturated heterocycles. The van der Waals surface area contributed by atoms with Crippen LogP contribution in [-0.2, 0) is 5.11 Å². The molecule has 1 aromatic rings. The van der Waals surface area contributed by atoms with Crippen LogP contribution >= 0.6 is 0 Å². The van der Waals surface area contributed by atoms with E-state index in [0.717, 1.165) is 0 Å². The summed E-state index contributed by atoms with van der Waals surface area (Å²) < 4.78 is 10.4. The van der Waals surface area contributed by atoms with Crippen molar-refractivity contribution in [3.63, 3.8) is 0 Å². The largest absolute Gasteiger partial charge is 0.490 e. The van der Waals surface area contributed by atoms with E-state index in [1.807, 2.05) is 13.8 Å². The van der Waals surface area contributed by atoms with E-state index < -0.39 is 0 Å². The Hall–Kier alpha value is -1.38. The summed E-state index contributed by atoms with van der Waals surface area (Å²) in [6.45, 7) is 4.71. The molecule has 0 aliphatic carbocycles. The van der Waals surface area contributed by atoms with Gasteiger partial charge in [-0.05, 0) is 26.0 Å². The lowest BCUT2D eigenvalue weighted by molar-refractivity contribution is 0.259. The van der Waals surface area contributed by atoms with E-state index in [1.54, 1.807) is 12.1 Å². The van der Waals surface area contributed by atoms with Gasteiger partial charge in [-0.3, -0.25) is 5.11 Å². The Labute approximate surface area is 77.9 Å². The van der Waals surface area contributed by atoms with Gasteiger partial charge in [0.1, 0.15) is 0 Å². The molecule has 0 aromatic heterocycles. The average molecular weight is 181 g/mol. The molecule has 0 heterocycles. The summed E-state index contributed by atoms with van der Waals surface area (Å²) in [5.74, 6) is 0.705. The van der Waals surface area contributed by atoms with Crippen molar-refractivity contribution in [3.8, 4) is 17.2 Å². The topological polar surface area (TPSA) is 38.4 Å². The number of para-hydroxylation sites is 1. The molecule has 71 valence electrons. The maximum atomic E-state index is 11.3. The molecule has 3 nitrogen and oxygen atoms in total. The third kappa shape index (κ3) is 2.28. The van der Waals surface area contributed by atoms with Gasteiger partial charge in [0, 0.05) is 0 Å². The van der Waals surface area contributed by atoms with Crippen LogP contribution in [0, 0.1) is 0 Å². The highest BCUT2D eigenvalue weighted by atomic mass is 16.5. The van der Waals surface area contributed by atoms with Crippen molar-refractivity contribution in [1.82, 2.24) is 0 Å². The molecule has 0 fully saturated rings. The fraction of sp³-hybridized carbons (Fsp3) is 0.400. The molecule has 0 atom stereocenters. The number of rotatable bonds is 4. The first-order valence-corrected chi connectivity index (χ1v) is 4.35. The van der Waals surface area contributed by atoms with Crippen molar-refractivity contribution in [3.05, 3.63) is 18.2 Å².